The molecule has 4 heteroatoms. The van der Waals surface area contributed by atoms with E-state index in [-0.39, 0.29) is 27.1 Å². The molecule has 0 aliphatic carbocycles. The molecule has 0 aliphatic heterocycles. The molecule has 0 heterocycles. The molecule has 0 unspecified atom stereocenters. The van der Waals surface area contributed by atoms with Gasteiger partial charge in [-0.2, -0.15) is 0 Å². The molecular formula is C17H10Cl2O2. The number of rotatable bonds is 2. The van der Waals surface area contributed by atoms with Crippen LogP contribution in [0.15, 0.2) is 54.6 Å². The zero-order valence-corrected chi connectivity index (χ0v) is 12.3. The number of benzene rings is 3. The fourth-order valence-electron chi connectivity index (χ4n) is 2.28. The van der Waals surface area contributed by atoms with Gasteiger partial charge in [-0.15, -0.1) is 0 Å². The molecule has 0 spiro atoms. The minimum atomic E-state index is -0.223. The van der Waals surface area contributed by atoms with Crippen LogP contribution in [0.2, 0.25) is 10.0 Å². The summed E-state index contributed by atoms with van der Waals surface area (Å²) < 4.78 is 0. The van der Waals surface area contributed by atoms with E-state index in [1.54, 1.807) is 6.07 Å². The highest BCUT2D eigenvalue weighted by atomic mass is 35.5. The van der Waals surface area contributed by atoms with Crippen LogP contribution in [0, 0.1) is 0 Å². The molecular weight excluding hydrogens is 307 g/mol. The van der Waals surface area contributed by atoms with Crippen LogP contribution >= 0.6 is 23.2 Å². The number of phenols is 1. The third kappa shape index (κ3) is 2.37. The Bertz CT molecular complexity index is 851. The van der Waals surface area contributed by atoms with E-state index in [4.69, 9.17) is 23.2 Å². The summed E-state index contributed by atoms with van der Waals surface area (Å²) in [7, 11) is 0. The first kappa shape index (κ1) is 13.9. The van der Waals surface area contributed by atoms with Gasteiger partial charge in [0.2, 0.25) is 0 Å². The average Bonchev–Trinajstić information content (AvgIpc) is 2.51. The summed E-state index contributed by atoms with van der Waals surface area (Å²) in [5.74, 6) is -0.366. The van der Waals surface area contributed by atoms with Gasteiger partial charge in [0.15, 0.2) is 5.78 Å². The molecule has 3 rings (SSSR count). The SMILES string of the molecule is O=C(c1ccc(O)c(Cl)c1Cl)c1cccc2ccccc12. The third-order valence-electron chi connectivity index (χ3n) is 3.34. The highest BCUT2D eigenvalue weighted by Gasteiger charge is 2.18. The van der Waals surface area contributed by atoms with Crippen molar-refractivity contribution in [3.05, 3.63) is 75.8 Å². The molecule has 0 aromatic heterocycles. The highest BCUT2D eigenvalue weighted by molar-refractivity contribution is 6.45. The number of phenolic OH excluding ortho intramolecular Hbond substituents is 1. The van der Waals surface area contributed by atoms with E-state index in [1.165, 1.54) is 12.1 Å². The summed E-state index contributed by atoms with van der Waals surface area (Å²) in [5.41, 5.74) is 0.826. The Hall–Kier alpha value is -2.03. The minimum absolute atomic E-state index is 0.0113. The maximum atomic E-state index is 12.7. The van der Waals surface area contributed by atoms with Crippen molar-refractivity contribution in [2.24, 2.45) is 0 Å². The fourth-order valence-corrected chi connectivity index (χ4v) is 2.69. The Labute approximate surface area is 131 Å². The lowest BCUT2D eigenvalue weighted by atomic mass is 9.97. The standard InChI is InChI=1S/C17H10Cl2O2/c18-15-13(8-9-14(20)16(15)19)17(21)12-7-3-5-10-4-1-2-6-11(10)12/h1-9,20H. The highest BCUT2D eigenvalue weighted by Crippen LogP contribution is 2.35. The first-order valence-electron chi connectivity index (χ1n) is 6.29. The van der Waals surface area contributed by atoms with Crippen molar-refractivity contribution < 1.29 is 9.90 Å². The molecule has 1 N–H and O–H groups in total. The van der Waals surface area contributed by atoms with Crippen LogP contribution < -0.4 is 0 Å². The van der Waals surface area contributed by atoms with Crippen LogP contribution in [0.25, 0.3) is 10.8 Å². The Kier molecular flexibility index (Phi) is 3.58. The van der Waals surface area contributed by atoms with Gasteiger partial charge >= 0.3 is 0 Å². The second-order valence-electron chi connectivity index (χ2n) is 4.62. The number of fused-ring (bicyclic) bond motifs is 1. The normalized spacial score (nSPS) is 10.8. The van der Waals surface area contributed by atoms with Gasteiger partial charge in [-0.05, 0) is 22.9 Å². The number of ketones is 1. The van der Waals surface area contributed by atoms with E-state index >= 15 is 0 Å². The molecule has 0 aliphatic rings. The third-order valence-corrected chi connectivity index (χ3v) is 4.21. The lowest BCUT2D eigenvalue weighted by Crippen LogP contribution is -2.03. The summed E-state index contributed by atoms with van der Waals surface area (Å²) >= 11 is 12.0. The molecule has 3 aromatic rings. The zero-order chi connectivity index (χ0) is 15.0. The molecule has 0 bridgehead atoms. The van der Waals surface area contributed by atoms with Crippen LogP contribution in [-0.2, 0) is 0 Å². The van der Waals surface area contributed by atoms with Crippen molar-refractivity contribution in [3.63, 3.8) is 0 Å². The van der Waals surface area contributed by atoms with Crippen molar-refractivity contribution in [2.45, 2.75) is 0 Å². The van der Waals surface area contributed by atoms with Gasteiger partial charge in [-0.1, -0.05) is 65.7 Å². The average molecular weight is 317 g/mol. The van der Waals surface area contributed by atoms with Crippen molar-refractivity contribution in [2.75, 3.05) is 0 Å². The Morgan fingerprint density at radius 3 is 2.33 bits per heavy atom. The predicted molar refractivity (Wildman–Crippen MR) is 85.5 cm³/mol. The minimum Gasteiger partial charge on any atom is -0.506 e. The second-order valence-corrected chi connectivity index (χ2v) is 5.37. The number of aromatic hydroxyl groups is 1. The Morgan fingerprint density at radius 2 is 1.52 bits per heavy atom. The maximum absolute atomic E-state index is 12.7. The first-order valence-corrected chi connectivity index (χ1v) is 7.04. The molecule has 21 heavy (non-hydrogen) atoms. The second kappa shape index (κ2) is 5.40. The number of carbonyl (C=O) groups is 1. The van der Waals surface area contributed by atoms with Crippen LogP contribution in [-0.4, -0.2) is 10.9 Å². The summed E-state index contributed by atoms with van der Waals surface area (Å²) in [6, 6.07) is 16.0. The van der Waals surface area contributed by atoms with Crippen LogP contribution in [0.1, 0.15) is 15.9 Å². The molecule has 0 radical (unpaired) electrons. The summed E-state index contributed by atoms with van der Waals surface area (Å²) in [5, 5.41) is 11.4. The molecule has 104 valence electrons. The van der Waals surface area contributed by atoms with Gasteiger partial charge in [-0.3, -0.25) is 4.79 Å². The Balaban J connectivity index is 2.20. The van der Waals surface area contributed by atoms with E-state index < -0.39 is 0 Å². The quantitative estimate of drug-likeness (QED) is 0.669. The molecule has 0 saturated heterocycles. The molecule has 3 aromatic carbocycles. The van der Waals surface area contributed by atoms with E-state index in [1.807, 2.05) is 36.4 Å². The van der Waals surface area contributed by atoms with Crippen LogP contribution in [0.5, 0.6) is 5.75 Å². The molecule has 0 amide bonds. The fraction of sp³-hybridized carbons (Fsp3) is 0. The molecule has 0 fully saturated rings. The number of hydrogen-bond acceptors (Lipinski definition) is 2. The van der Waals surface area contributed by atoms with Gasteiger partial charge in [0.25, 0.3) is 0 Å². The molecule has 0 saturated carbocycles. The predicted octanol–water partition coefficient (Wildman–Crippen LogP) is 5.08. The van der Waals surface area contributed by atoms with Gasteiger partial charge in [0.05, 0.1) is 5.02 Å². The zero-order valence-electron chi connectivity index (χ0n) is 10.8. The molecule has 2 nitrogen and oxygen atoms in total. The van der Waals surface area contributed by atoms with Crippen molar-refractivity contribution in [1.82, 2.24) is 0 Å². The van der Waals surface area contributed by atoms with E-state index in [0.717, 1.165) is 10.8 Å². The topological polar surface area (TPSA) is 37.3 Å². The number of halogens is 2. The lowest BCUT2D eigenvalue weighted by molar-refractivity contribution is 0.104. The summed E-state index contributed by atoms with van der Waals surface area (Å²) in [6.07, 6.45) is 0. The van der Waals surface area contributed by atoms with Crippen LogP contribution in [0.4, 0.5) is 0 Å². The van der Waals surface area contributed by atoms with Crippen LogP contribution in [0.3, 0.4) is 0 Å². The smallest absolute Gasteiger partial charge is 0.195 e. The number of hydrogen-bond donors (Lipinski definition) is 1. The van der Waals surface area contributed by atoms with Gasteiger partial charge in [0, 0.05) is 11.1 Å². The van der Waals surface area contributed by atoms with Gasteiger partial charge in [0.1, 0.15) is 10.8 Å². The maximum Gasteiger partial charge on any atom is 0.195 e. The van der Waals surface area contributed by atoms with Gasteiger partial charge < -0.3 is 5.11 Å². The van der Waals surface area contributed by atoms with Crippen molar-refractivity contribution in [3.8, 4) is 5.75 Å². The van der Waals surface area contributed by atoms with E-state index in [9.17, 15) is 9.90 Å². The van der Waals surface area contributed by atoms with Gasteiger partial charge in [-0.25, -0.2) is 0 Å². The summed E-state index contributed by atoms with van der Waals surface area (Å²) in [6.45, 7) is 0. The monoisotopic (exact) mass is 316 g/mol. The van der Waals surface area contributed by atoms with E-state index in [0.29, 0.717) is 5.56 Å². The largest absolute Gasteiger partial charge is 0.506 e. The van der Waals surface area contributed by atoms with Crippen molar-refractivity contribution >= 4 is 39.8 Å². The summed E-state index contributed by atoms with van der Waals surface area (Å²) in [4.78, 5) is 12.7. The number of carbonyl (C=O) groups excluding carboxylic acids is 1. The molecule has 0 atom stereocenters. The van der Waals surface area contributed by atoms with Crippen molar-refractivity contribution in [1.29, 1.82) is 0 Å². The van der Waals surface area contributed by atoms with E-state index in [2.05, 4.69) is 0 Å². The Morgan fingerprint density at radius 1 is 0.810 bits per heavy atom. The lowest BCUT2D eigenvalue weighted by Gasteiger charge is -2.09. The first-order chi connectivity index (χ1) is 10.1.